The highest BCUT2D eigenvalue weighted by molar-refractivity contribution is 5.64. The summed E-state index contributed by atoms with van der Waals surface area (Å²) in [5.74, 6) is 0.390. The molecule has 7 nitrogen and oxygen atoms in total. The molecule has 0 fully saturated rings. The van der Waals surface area contributed by atoms with Crippen LogP contribution in [-0.2, 0) is 4.74 Å². The zero-order chi connectivity index (χ0) is 10.7. The van der Waals surface area contributed by atoms with Crippen molar-refractivity contribution < 1.29 is 19.2 Å². The number of carbonyl (C=O) groups excluding carboxylic acids is 1. The Morgan fingerprint density at radius 2 is 2.36 bits per heavy atom. The van der Waals surface area contributed by atoms with Crippen LogP contribution in [0, 0.1) is 6.92 Å². The van der Waals surface area contributed by atoms with Crippen LogP contribution < -0.4 is 5.73 Å². The van der Waals surface area contributed by atoms with Crippen molar-refractivity contribution in [2.45, 2.75) is 26.1 Å². The molecule has 0 bridgehead atoms. The maximum absolute atomic E-state index is 10.4. The largest absolute Gasteiger partial charge is 0.443 e. The molecule has 1 heterocycles. The molecule has 14 heavy (non-hydrogen) atoms. The Bertz CT molecular complexity index is 324. The molecule has 1 aromatic rings. The quantitative estimate of drug-likeness (QED) is 0.705. The first-order chi connectivity index (χ1) is 6.50. The number of hydrogen-bond donors (Lipinski definition) is 2. The van der Waals surface area contributed by atoms with Gasteiger partial charge in [-0.25, -0.2) is 4.79 Å². The highest BCUT2D eigenvalue weighted by atomic mass is 16.6. The van der Waals surface area contributed by atoms with E-state index in [1.807, 2.05) is 0 Å². The normalized spacial score (nSPS) is 14.8. The lowest BCUT2D eigenvalue weighted by atomic mass is 10.2. The van der Waals surface area contributed by atoms with Gasteiger partial charge in [0.05, 0.1) is 0 Å². The van der Waals surface area contributed by atoms with Crippen LogP contribution in [0.1, 0.15) is 24.7 Å². The van der Waals surface area contributed by atoms with E-state index in [1.54, 1.807) is 6.92 Å². The monoisotopic (exact) mass is 201 g/mol. The highest BCUT2D eigenvalue weighted by Crippen LogP contribution is 2.15. The van der Waals surface area contributed by atoms with Crippen LogP contribution in [0.15, 0.2) is 4.52 Å². The second-order valence-electron chi connectivity index (χ2n) is 2.76. The Labute approximate surface area is 79.9 Å². The summed E-state index contributed by atoms with van der Waals surface area (Å²) in [6.45, 7) is 3.06. The molecule has 1 amide bonds. The SMILES string of the molecule is Cc1nc(C(O)C(C)OC(N)=O)no1. The predicted molar refractivity (Wildman–Crippen MR) is 44.1 cm³/mol. The summed E-state index contributed by atoms with van der Waals surface area (Å²) in [7, 11) is 0. The number of aliphatic hydroxyl groups excluding tert-OH is 1. The molecule has 2 atom stereocenters. The minimum Gasteiger partial charge on any atom is -0.443 e. The number of ether oxygens (including phenoxy) is 1. The maximum Gasteiger partial charge on any atom is 0.404 e. The van der Waals surface area contributed by atoms with Crippen molar-refractivity contribution in [1.29, 1.82) is 0 Å². The molecule has 1 aromatic heterocycles. The number of primary amides is 1. The summed E-state index contributed by atoms with van der Waals surface area (Å²) in [6.07, 6.45) is -2.92. The van der Waals surface area contributed by atoms with E-state index in [2.05, 4.69) is 19.4 Å². The van der Waals surface area contributed by atoms with Gasteiger partial charge < -0.3 is 20.1 Å². The molecule has 78 valence electrons. The first kappa shape index (κ1) is 10.5. The van der Waals surface area contributed by atoms with Gasteiger partial charge in [-0.1, -0.05) is 5.16 Å². The molecular weight excluding hydrogens is 190 g/mol. The fraction of sp³-hybridized carbons (Fsp3) is 0.571. The number of nitrogens with zero attached hydrogens (tertiary/aromatic N) is 2. The Morgan fingerprint density at radius 1 is 1.71 bits per heavy atom. The van der Waals surface area contributed by atoms with Crippen LogP contribution in [0.4, 0.5) is 4.79 Å². The van der Waals surface area contributed by atoms with E-state index in [4.69, 9.17) is 5.73 Å². The van der Waals surface area contributed by atoms with Crippen LogP contribution >= 0.6 is 0 Å². The van der Waals surface area contributed by atoms with E-state index in [1.165, 1.54) is 6.92 Å². The minimum atomic E-state index is -1.14. The lowest BCUT2D eigenvalue weighted by molar-refractivity contribution is 0.0101. The van der Waals surface area contributed by atoms with E-state index >= 15 is 0 Å². The van der Waals surface area contributed by atoms with Gasteiger partial charge in [-0.3, -0.25) is 0 Å². The van der Waals surface area contributed by atoms with Crippen molar-refractivity contribution in [2.24, 2.45) is 5.73 Å². The number of aryl methyl sites for hydroxylation is 1. The second-order valence-corrected chi connectivity index (χ2v) is 2.76. The van der Waals surface area contributed by atoms with Gasteiger partial charge in [0, 0.05) is 6.92 Å². The highest BCUT2D eigenvalue weighted by Gasteiger charge is 2.23. The zero-order valence-corrected chi connectivity index (χ0v) is 7.80. The summed E-state index contributed by atoms with van der Waals surface area (Å²) >= 11 is 0. The van der Waals surface area contributed by atoms with Crippen molar-refractivity contribution in [2.75, 3.05) is 0 Å². The average Bonchev–Trinajstić information content (AvgIpc) is 2.49. The molecule has 0 aliphatic heterocycles. The second kappa shape index (κ2) is 4.05. The van der Waals surface area contributed by atoms with Crippen LogP contribution in [0.25, 0.3) is 0 Å². The Morgan fingerprint density at radius 3 is 2.79 bits per heavy atom. The first-order valence-corrected chi connectivity index (χ1v) is 3.95. The Balaban J connectivity index is 2.65. The molecule has 1 rings (SSSR count). The molecule has 0 aliphatic carbocycles. The van der Waals surface area contributed by atoms with Crippen molar-refractivity contribution in [1.82, 2.24) is 10.1 Å². The van der Waals surface area contributed by atoms with E-state index < -0.39 is 18.3 Å². The standard InChI is InChI=1S/C7H11N3O4/c1-3(13-7(8)12)5(11)6-9-4(2)14-10-6/h3,5,11H,1-2H3,(H2,8,12). The number of aliphatic hydroxyl groups is 1. The Hall–Kier alpha value is -1.63. The molecule has 0 aliphatic rings. The van der Waals surface area contributed by atoms with Crippen LogP contribution in [0.5, 0.6) is 0 Å². The van der Waals surface area contributed by atoms with Gasteiger partial charge in [-0.15, -0.1) is 0 Å². The molecule has 0 saturated carbocycles. The van der Waals surface area contributed by atoms with E-state index in [-0.39, 0.29) is 5.82 Å². The molecule has 0 radical (unpaired) electrons. The fourth-order valence-corrected chi connectivity index (χ4v) is 0.893. The number of nitrogens with two attached hydrogens (primary N) is 1. The van der Waals surface area contributed by atoms with E-state index in [0.717, 1.165) is 0 Å². The summed E-state index contributed by atoms with van der Waals surface area (Å²) < 4.78 is 9.19. The maximum atomic E-state index is 10.4. The van der Waals surface area contributed by atoms with Crippen LogP contribution in [0.3, 0.4) is 0 Å². The van der Waals surface area contributed by atoms with Crippen LogP contribution in [-0.4, -0.2) is 27.4 Å². The number of hydrogen-bond acceptors (Lipinski definition) is 6. The molecule has 0 spiro atoms. The number of amides is 1. The van der Waals surface area contributed by atoms with Gasteiger partial charge in [0.15, 0.2) is 6.10 Å². The zero-order valence-electron chi connectivity index (χ0n) is 7.80. The van der Waals surface area contributed by atoms with Crippen molar-refractivity contribution in [3.05, 3.63) is 11.7 Å². The fourth-order valence-electron chi connectivity index (χ4n) is 0.893. The lowest BCUT2D eigenvalue weighted by Gasteiger charge is -2.14. The average molecular weight is 201 g/mol. The van der Waals surface area contributed by atoms with Gasteiger partial charge >= 0.3 is 6.09 Å². The lowest BCUT2D eigenvalue weighted by Crippen LogP contribution is -2.26. The smallest absolute Gasteiger partial charge is 0.404 e. The molecule has 0 saturated heterocycles. The predicted octanol–water partition coefficient (Wildman–Crippen LogP) is -0.105. The third-order valence-corrected chi connectivity index (χ3v) is 1.55. The third kappa shape index (κ3) is 2.43. The number of carbonyl (C=O) groups is 1. The van der Waals surface area contributed by atoms with Crippen molar-refractivity contribution in [3.63, 3.8) is 0 Å². The molecular formula is C7H11N3O4. The van der Waals surface area contributed by atoms with Gasteiger partial charge in [-0.05, 0) is 6.92 Å². The molecule has 2 unspecified atom stereocenters. The summed E-state index contributed by atoms with van der Waals surface area (Å²) in [4.78, 5) is 14.2. The minimum absolute atomic E-state index is 0.0660. The summed E-state index contributed by atoms with van der Waals surface area (Å²) in [5.41, 5.74) is 4.78. The molecule has 7 heteroatoms. The topological polar surface area (TPSA) is 111 Å². The summed E-state index contributed by atoms with van der Waals surface area (Å²) in [5, 5.41) is 13.0. The van der Waals surface area contributed by atoms with E-state index in [9.17, 15) is 9.90 Å². The molecule has 3 N–H and O–H groups in total. The van der Waals surface area contributed by atoms with E-state index in [0.29, 0.717) is 5.89 Å². The third-order valence-electron chi connectivity index (χ3n) is 1.55. The number of aromatic nitrogens is 2. The van der Waals surface area contributed by atoms with Gasteiger partial charge in [-0.2, -0.15) is 4.98 Å². The van der Waals surface area contributed by atoms with Gasteiger partial charge in [0.25, 0.3) is 0 Å². The summed E-state index contributed by atoms with van der Waals surface area (Å²) in [6, 6.07) is 0. The number of rotatable bonds is 3. The first-order valence-electron chi connectivity index (χ1n) is 3.95. The van der Waals surface area contributed by atoms with Crippen LogP contribution in [0.2, 0.25) is 0 Å². The van der Waals surface area contributed by atoms with Crippen molar-refractivity contribution >= 4 is 6.09 Å². The van der Waals surface area contributed by atoms with Crippen molar-refractivity contribution in [3.8, 4) is 0 Å². The van der Waals surface area contributed by atoms with Gasteiger partial charge in [0.1, 0.15) is 6.10 Å². The Kier molecular flexibility index (Phi) is 3.03. The molecule has 0 aromatic carbocycles. The van der Waals surface area contributed by atoms with Gasteiger partial charge in [0.2, 0.25) is 11.7 Å².